The second-order valence-corrected chi connectivity index (χ2v) is 5.98. The second kappa shape index (κ2) is 4.63. The molecule has 15 heavy (non-hydrogen) atoms. The van der Waals surface area contributed by atoms with Crippen molar-refractivity contribution in [1.29, 1.82) is 0 Å². The molecule has 1 rings (SSSR count). The van der Waals surface area contributed by atoms with Crippen LogP contribution >= 0.6 is 0 Å². The molecule has 1 aromatic carbocycles. The van der Waals surface area contributed by atoms with E-state index in [-0.39, 0.29) is 6.54 Å². The molecule has 0 saturated carbocycles. The lowest BCUT2D eigenvalue weighted by molar-refractivity contribution is 0.572. The molecule has 0 saturated heterocycles. The molecule has 4 nitrogen and oxygen atoms in total. The average Bonchev–Trinajstić information content (AvgIpc) is 2.15. The fourth-order valence-corrected chi connectivity index (χ4v) is 1.75. The fraction of sp³-hybridized carbons (Fsp3) is 0.400. The summed E-state index contributed by atoms with van der Waals surface area (Å²) in [5.74, 6) is 0. The molecule has 0 aromatic heterocycles. The molecule has 3 N–H and O–H groups in total. The van der Waals surface area contributed by atoms with Gasteiger partial charge in [0, 0.05) is 12.2 Å². The van der Waals surface area contributed by atoms with Crippen LogP contribution in [0.5, 0.6) is 0 Å². The smallest absolute Gasteiger partial charge is 0.214 e. The third-order valence-electron chi connectivity index (χ3n) is 2.05. The highest BCUT2D eigenvalue weighted by atomic mass is 32.2. The fourth-order valence-electron chi connectivity index (χ4n) is 1.05. The van der Waals surface area contributed by atoms with E-state index in [0.29, 0.717) is 5.69 Å². The molecular weight excluding hydrogens is 212 g/mol. The molecule has 1 aromatic rings. The van der Waals surface area contributed by atoms with Crippen molar-refractivity contribution in [2.24, 2.45) is 0 Å². The lowest BCUT2D eigenvalue weighted by atomic mass is 10.2. The second-order valence-electron chi connectivity index (χ2n) is 3.66. The molecule has 0 spiro atoms. The van der Waals surface area contributed by atoms with Gasteiger partial charge in [0.1, 0.15) is 0 Å². The largest absolute Gasteiger partial charge is 0.399 e. The van der Waals surface area contributed by atoms with Crippen LogP contribution in [0, 0.1) is 0 Å². The summed E-state index contributed by atoms with van der Waals surface area (Å²) in [7, 11) is -3.20. The first kappa shape index (κ1) is 12.0. The third kappa shape index (κ3) is 3.53. The van der Waals surface area contributed by atoms with Crippen LogP contribution in [0.25, 0.3) is 0 Å². The van der Waals surface area contributed by atoms with Crippen LogP contribution in [0.2, 0.25) is 0 Å². The van der Waals surface area contributed by atoms with Gasteiger partial charge in [0.2, 0.25) is 10.0 Å². The lowest BCUT2D eigenvalue weighted by Crippen LogP contribution is -2.30. The van der Waals surface area contributed by atoms with E-state index in [0.717, 1.165) is 5.56 Å². The molecular formula is C10H16N2O2S. The predicted molar refractivity (Wildman–Crippen MR) is 61.7 cm³/mol. The van der Waals surface area contributed by atoms with Crippen molar-refractivity contribution in [2.45, 2.75) is 25.6 Å². The summed E-state index contributed by atoms with van der Waals surface area (Å²) in [4.78, 5) is 0. The van der Waals surface area contributed by atoms with Gasteiger partial charge in [-0.15, -0.1) is 0 Å². The van der Waals surface area contributed by atoms with Gasteiger partial charge in [0.25, 0.3) is 0 Å². The standard InChI is InChI=1S/C10H16N2O2S/c1-8(2)15(13,14)12-7-9-4-3-5-10(11)6-9/h3-6,8,12H,7,11H2,1-2H3. The Hall–Kier alpha value is -1.07. The highest BCUT2D eigenvalue weighted by Crippen LogP contribution is 2.07. The summed E-state index contributed by atoms with van der Waals surface area (Å²) in [6, 6.07) is 7.15. The van der Waals surface area contributed by atoms with E-state index >= 15 is 0 Å². The number of nitrogens with one attached hydrogen (secondary N) is 1. The van der Waals surface area contributed by atoms with Crippen molar-refractivity contribution in [1.82, 2.24) is 4.72 Å². The highest BCUT2D eigenvalue weighted by Gasteiger charge is 2.14. The Morgan fingerprint density at radius 3 is 2.60 bits per heavy atom. The maximum Gasteiger partial charge on any atom is 0.214 e. The van der Waals surface area contributed by atoms with Gasteiger partial charge >= 0.3 is 0 Å². The number of hydrogen-bond acceptors (Lipinski definition) is 3. The molecule has 0 heterocycles. The Morgan fingerprint density at radius 2 is 2.07 bits per heavy atom. The van der Waals surface area contributed by atoms with Gasteiger partial charge in [-0.25, -0.2) is 13.1 Å². The number of sulfonamides is 1. The number of rotatable bonds is 4. The first-order chi connectivity index (χ1) is 6.92. The minimum Gasteiger partial charge on any atom is -0.399 e. The van der Waals surface area contributed by atoms with Crippen molar-refractivity contribution < 1.29 is 8.42 Å². The van der Waals surface area contributed by atoms with E-state index in [4.69, 9.17) is 5.73 Å². The Labute approximate surface area is 90.5 Å². The monoisotopic (exact) mass is 228 g/mol. The molecule has 0 fully saturated rings. The molecule has 0 bridgehead atoms. The van der Waals surface area contributed by atoms with E-state index in [1.165, 1.54) is 0 Å². The molecule has 0 aliphatic carbocycles. The molecule has 84 valence electrons. The first-order valence-corrected chi connectivity index (χ1v) is 6.29. The molecule has 0 amide bonds. The number of benzene rings is 1. The van der Waals surface area contributed by atoms with Gasteiger partial charge in [-0.3, -0.25) is 0 Å². The first-order valence-electron chi connectivity index (χ1n) is 4.75. The van der Waals surface area contributed by atoms with Crippen LogP contribution in [0.1, 0.15) is 19.4 Å². The van der Waals surface area contributed by atoms with Gasteiger partial charge in [-0.05, 0) is 31.5 Å². The SMILES string of the molecule is CC(C)S(=O)(=O)NCc1cccc(N)c1. The number of nitrogens with two attached hydrogens (primary N) is 1. The van der Waals surface area contributed by atoms with Crippen LogP contribution in [0.3, 0.4) is 0 Å². The molecule has 0 aliphatic rings. The van der Waals surface area contributed by atoms with Crippen molar-refractivity contribution in [3.8, 4) is 0 Å². The van der Waals surface area contributed by atoms with Gasteiger partial charge in [0.15, 0.2) is 0 Å². The molecule has 0 atom stereocenters. The minimum absolute atomic E-state index is 0.283. The Bertz CT molecular complexity index is 427. The van der Waals surface area contributed by atoms with E-state index < -0.39 is 15.3 Å². The normalized spacial score (nSPS) is 11.9. The summed E-state index contributed by atoms with van der Waals surface area (Å²) in [5, 5.41) is -0.418. The Morgan fingerprint density at radius 1 is 1.40 bits per heavy atom. The zero-order chi connectivity index (χ0) is 11.5. The van der Waals surface area contributed by atoms with Crippen LogP contribution in [-0.2, 0) is 16.6 Å². The van der Waals surface area contributed by atoms with Gasteiger partial charge in [0.05, 0.1) is 5.25 Å². The van der Waals surface area contributed by atoms with E-state index in [2.05, 4.69) is 4.72 Å². The van der Waals surface area contributed by atoms with Crippen molar-refractivity contribution >= 4 is 15.7 Å². The van der Waals surface area contributed by atoms with E-state index in [9.17, 15) is 8.42 Å². The number of anilines is 1. The summed E-state index contributed by atoms with van der Waals surface area (Å²) in [5.41, 5.74) is 7.08. The van der Waals surface area contributed by atoms with Crippen LogP contribution in [0.4, 0.5) is 5.69 Å². The third-order valence-corrected chi connectivity index (χ3v) is 3.84. The quantitative estimate of drug-likeness (QED) is 0.758. The topological polar surface area (TPSA) is 72.2 Å². The summed E-state index contributed by atoms with van der Waals surface area (Å²) in [6.45, 7) is 3.56. The zero-order valence-electron chi connectivity index (χ0n) is 8.90. The minimum atomic E-state index is -3.20. The van der Waals surface area contributed by atoms with Gasteiger partial charge < -0.3 is 5.73 Å². The lowest BCUT2D eigenvalue weighted by Gasteiger charge is -2.09. The maximum absolute atomic E-state index is 11.4. The molecule has 0 unspecified atom stereocenters. The molecule has 0 radical (unpaired) electrons. The van der Waals surface area contributed by atoms with Crippen LogP contribution in [0.15, 0.2) is 24.3 Å². The van der Waals surface area contributed by atoms with Crippen molar-refractivity contribution in [3.05, 3.63) is 29.8 Å². The highest BCUT2D eigenvalue weighted by molar-refractivity contribution is 7.90. The summed E-state index contributed by atoms with van der Waals surface area (Å²) < 4.78 is 25.4. The summed E-state index contributed by atoms with van der Waals surface area (Å²) >= 11 is 0. The van der Waals surface area contributed by atoms with Crippen molar-refractivity contribution in [3.63, 3.8) is 0 Å². The number of hydrogen-bond donors (Lipinski definition) is 2. The Kier molecular flexibility index (Phi) is 3.71. The average molecular weight is 228 g/mol. The molecule has 0 aliphatic heterocycles. The van der Waals surface area contributed by atoms with Gasteiger partial charge in [-0.2, -0.15) is 0 Å². The van der Waals surface area contributed by atoms with E-state index in [1.807, 2.05) is 6.07 Å². The maximum atomic E-state index is 11.4. The number of nitrogen functional groups attached to an aromatic ring is 1. The van der Waals surface area contributed by atoms with E-state index in [1.54, 1.807) is 32.0 Å². The summed E-state index contributed by atoms with van der Waals surface area (Å²) in [6.07, 6.45) is 0. The van der Waals surface area contributed by atoms with Crippen LogP contribution in [-0.4, -0.2) is 13.7 Å². The van der Waals surface area contributed by atoms with Crippen LogP contribution < -0.4 is 10.5 Å². The van der Waals surface area contributed by atoms with Gasteiger partial charge in [-0.1, -0.05) is 12.1 Å². The predicted octanol–water partition coefficient (Wildman–Crippen LogP) is 1.10. The molecule has 5 heteroatoms. The Balaban J connectivity index is 2.66. The van der Waals surface area contributed by atoms with Crippen molar-refractivity contribution in [2.75, 3.05) is 5.73 Å². The zero-order valence-corrected chi connectivity index (χ0v) is 9.71.